The Hall–Kier alpha value is -2.05. The van der Waals surface area contributed by atoms with Crippen LogP contribution in [0.2, 0.25) is 10.0 Å². The van der Waals surface area contributed by atoms with Gasteiger partial charge in [-0.15, -0.1) is 0 Å². The van der Waals surface area contributed by atoms with Gasteiger partial charge < -0.3 is 9.80 Å². The summed E-state index contributed by atoms with van der Waals surface area (Å²) in [6.45, 7) is 6.47. The fraction of sp³-hybridized carbons (Fsp3) is 0.421. The number of nitrogens with zero attached hydrogens (tertiary/aromatic N) is 4. The predicted octanol–water partition coefficient (Wildman–Crippen LogP) is 3.18. The summed E-state index contributed by atoms with van der Waals surface area (Å²) in [5, 5.41) is 5.01. The van der Waals surface area contributed by atoms with Gasteiger partial charge in [0, 0.05) is 44.8 Å². The molecule has 0 aliphatic carbocycles. The molecule has 1 aromatic heterocycles. The first-order chi connectivity index (χ1) is 12.9. The van der Waals surface area contributed by atoms with Crippen LogP contribution in [0.1, 0.15) is 28.2 Å². The van der Waals surface area contributed by atoms with Gasteiger partial charge in [-0.1, -0.05) is 29.3 Å². The number of hydrogen-bond acceptors (Lipinski definition) is 3. The molecule has 0 N–H and O–H groups in total. The van der Waals surface area contributed by atoms with Crippen molar-refractivity contribution in [3.05, 3.63) is 51.3 Å². The Labute approximate surface area is 168 Å². The van der Waals surface area contributed by atoms with Crippen LogP contribution in [0, 0.1) is 13.8 Å². The second-order valence-electron chi connectivity index (χ2n) is 6.67. The molecule has 1 fully saturated rings. The zero-order valence-electron chi connectivity index (χ0n) is 15.4. The molecule has 0 saturated carbocycles. The molecule has 6 nitrogen and oxygen atoms in total. The lowest BCUT2D eigenvalue weighted by molar-refractivity contribution is -0.132. The van der Waals surface area contributed by atoms with Gasteiger partial charge in [0.05, 0.1) is 21.3 Å². The van der Waals surface area contributed by atoms with E-state index in [9.17, 15) is 9.59 Å². The van der Waals surface area contributed by atoms with Crippen molar-refractivity contribution in [3.8, 4) is 0 Å². The molecule has 2 aromatic rings. The molecule has 3 rings (SSSR count). The number of piperazine rings is 1. The Morgan fingerprint density at radius 3 is 2.37 bits per heavy atom. The quantitative estimate of drug-likeness (QED) is 0.780. The summed E-state index contributed by atoms with van der Waals surface area (Å²) in [5.74, 6) is -0.0762. The van der Waals surface area contributed by atoms with Gasteiger partial charge in [0.1, 0.15) is 0 Å². The van der Waals surface area contributed by atoms with Gasteiger partial charge in [-0.3, -0.25) is 14.3 Å². The van der Waals surface area contributed by atoms with Crippen LogP contribution in [0.25, 0.3) is 0 Å². The normalized spacial score (nSPS) is 14.5. The van der Waals surface area contributed by atoms with Gasteiger partial charge in [0.2, 0.25) is 5.91 Å². The van der Waals surface area contributed by atoms with Gasteiger partial charge >= 0.3 is 0 Å². The van der Waals surface area contributed by atoms with E-state index < -0.39 is 0 Å². The number of aromatic nitrogens is 2. The van der Waals surface area contributed by atoms with Crippen LogP contribution in [0.3, 0.4) is 0 Å². The summed E-state index contributed by atoms with van der Waals surface area (Å²) in [6.07, 6.45) is 0.399. The molecule has 27 heavy (non-hydrogen) atoms. The molecule has 0 radical (unpaired) electrons. The maximum Gasteiger partial charge on any atom is 0.255 e. The lowest BCUT2D eigenvalue weighted by Crippen LogP contribution is -2.50. The maximum absolute atomic E-state index is 12.7. The summed E-state index contributed by atoms with van der Waals surface area (Å²) in [4.78, 5) is 28.7. The smallest absolute Gasteiger partial charge is 0.255 e. The molecule has 1 aromatic carbocycles. The molecular formula is C19H22Cl2N4O2. The van der Waals surface area contributed by atoms with Crippen molar-refractivity contribution in [1.82, 2.24) is 19.6 Å². The van der Waals surface area contributed by atoms with E-state index in [2.05, 4.69) is 5.10 Å². The number of halogens is 2. The maximum atomic E-state index is 12.7. The standard InChI is InChI=1S/C19H22Cl2N4O2/c1-13-12-14(2)25(22-13)7-6-17(26)23-8-10-24(11-9-23)19(27)15-4-3-5-16(20)18(15)21/h3-5,12H,6-11H2,1-2H3. The molecule has 0 spiro atoms. The van der Waals surface area contributed by atoms with Gasteiger partial charge in [-0.25, -0.2) is 0 Å². The number of carbonyl (C=O) groups excluding carboxylic acids is 2. The van der Waals surface area contributed by atoms with Crippen molar-refractivity contribution in [2.24, 2.45) is 0 Å². The van der Waals surface area contributed by atoms with Crippen molar-refractivity contribution in [1.29, 1.82) is 0 Å². The number of rotatable bonds is 4. The van der Waals surface area contributed by atoms with Gasteiger partial charge in [-0.2, -0.15) is 5.10 Å². The van der Waals surface area contributed by atoms with E-state index in [1.807, 2.05) is 24.6 Å². The number of hydrogen-bond donors (Lipinski definition) is 0. The second-order valence-corrected chi connectivity index (χ2v) is 7.46. The SMILES string of the molecule is Cc1cc(C)n(CCC(=O)N2CCN(C(=O)c3cccc(Cl)c3Cl)CC2)n1. The summed E-state index contributed by atoms with van der Waals surface area (Å²) in [5.41, 5.74) is 2.40. The van der Waals surface area contributed by atoms with Crippen LogP contribution >= 0.6 is 23.2 Å². The highest BCUT2D eigenvalue weighted by Crippen LogP contribution is 2.26. The van der Waals surface area contributed by atoms with Crippen molar-refractivity contribution in [2.45, 2.75) is 26.8 Å². The first-order valence-corrected chi connectivity index (χ1v) is 9.64. The monoisotopic (exact) mass is 408 g/mol. The van der Waals surface area contributed by atoms with E-state index in [4.69, 9.17) is 23.2 Å². The predicted molar refractivity (Wildman–Crippen MR) is 105 cm³/mol. The zero-order chi connectivity index (χ0) is 19.6. The van der Waals surface area contributed by atoms with Gasteiger partial charge in [0.15, 0.2) is 0 Å². The number of benzene rings is 1. The topological polar surface area (TPSA) is 58.4 Å². The van der Waals surface area contributed by atoms with E-state index in [0.717, 1.165) is 11.4 Å². The average molecular weight is 409 g/mol. The number of aryl methyl sites for hydroxylation is 3. The third-order valence-electron chi connectivity index (χ3n) is 4.74. The molecular weight excluding hydrogens is 387 g/mol. The molecule has 2 amide bonds. The van der Waals surface area contributed by atoms with Gasteiger partial charge in [0.25, 0.3) is 5.91 Å². The summed E-state index contributed by atoms with van der Waals surface area (Å²) in [6, 6.07) is 7.03. The Bertz CT molecular complexity index is 857. The van der Waals surface area contributed by atoms with Crippen LogP contribution in [0.5, 0.6) is 0 Å². The molecule has 0 unspecified atom stereocenters. The minimum Gasteiger partial charge on any atom is -0.339 e. The minimum atomic E-state index is -0.155. The number of carbonyl (C=O) groups is 2. The number of amides is 2. The molecule has 144 valence electrons. The molecule has 8 heteroatoms. The minimum absolute atomic E-state index is 0.0791. The molecule has 0 atom stereocenters. The lowest BCUT2D eigenvalue weighted by atomic mass is 10.1. The average Bonchev–Trinajstić information content (AvgIpc) is 2.99. The van der Waals surface area contributed by atoms with Crippen LogP contribution in [0.4, 0.5) is 0 Å². The fourth-order valence-corrected chi connectivity index (χ4v) is 3.64. The summed E-state index contributed by atoms with van der Waals surface area (Å²) >= 11 is 12.1. The van der Waals surface area contributed by atoms with Gasteiger partial charge in [-0.05, 0) is 32.0 Å². The lowest BCUT2D eigenvalue weighted by Gasteiger charge is -2.35. The van der Waals surface area contributed by atoms with Crippen LogP contribution in [-0.4, -0.2) is 57.6 Å². The van der Waals surface area contributed by atoms with E-state index in [1.165, 1.54) is 0 Å². The van der Waals surface area contributed by atoms with E-state index in [-0.39, 0.29) is 16.8 Å². The molecule has 1 aliphatic rings. The highest BCUT2D eigenvalue weighted by molar-refractivity contribution is 6.43. The Morgan fingerprint density at radius 1 is 1.07 bits per heavy atom. The van der Waals surface area contributed by atoms with Crippen LogP contribution in [0.15, 0.2) is 24.3 Å². The third-order valence-corrected chi connectivity index (χ3v) is 5.56. The van der Waals surface area contributed by atoms with E-state index in [1.54, 1.807) is 28.0 Å². The Balaban J connectivity index is 1.53. The molecule has 1 saturated heterocycles. The van der Waals surface area contributed by atoms with Crippen molar-refractivity contribution < 1.29 is 9.59 Å². The van der Waals surface area contributed by atoms with E-state index in [0.29, 0.717) is 49.7 Å². The highest BCUT2D eigenvalue weighted by Gasteiger charge is 2.26. The Morgan fingerprint density at radius 2 is 1.74 bits per heavy atom. The first-order valence-electron chi connectivity index (χ1n) is 8.89. The van der Waals surface area contributed by atoms with Crippen molar-refractivity contribution in [3.63, 3.8) is 0 Å². The molecule has 1 aliphatic heterocycles. The second kappa shape index (κ2) is 8.31. The molecule has 0 bridgehead atoms. The Kier molecular flexibility index (Phi) is 6.07. The summed E-state index contributed by atoms with van der Waals surface area (Å²) in [7, 11) is 0. The first kappa shape index (κ1) is 19.7. The van der Waals surface area contributed by atoms with Crippen molar-refractivity contribution in [2.75, 3.05) is 26.2 Å². The van der Waals surface area contributed by atoms with Crippen LogP contribution < -0.4 is 0 Å². The van der Waals surface area contributed by atoms with Crippen molar-refractivity contribution >= 4 is 35.0 Å². The zero-order valence-corrected chi connectivity index (χ0v) is 16.9. The largest absolute Gasteiger partial charge is 0.339 e. The fourth-order valence-electron chi connectivity index (χ4n) is 3.26. The molecule has 2 heterocycles. The summed E-state index contributed by atoms with van der Waals surface area (Å²) < 4.78 is 1.86. The third kappa shape index (κ3) is 4.45. The van der Waals surface area contributed by atoms with Crippen LogP contribution in [-0.2, 0) is 11.3 Å². The highest BCUT2D eigenvalue weighted by atomic mass is 35.5. The van der Waals surface area contributed by atoms with E-state index >= 15 is 0 Å².